The fourth-order valence-electron chi connectivity index (χ4n) is 1.37. The van der Waals surface area contributed by atoms with Crippen molar-refractivity contribution in [3.8, 4) is 0 Å². The molecule has 0 bridgehead atoms. The predicted molar refractivity (Wildman–Crippen MR) is 65.4 cm³/mol. The monoisotopic (exact) mass is 279 g/mol. The molecular weight excluding hydrogens is 270 g/mol. The quantitative estimate of drug-likeness (QED) is 0.679. The van der Waals surface area contributed by atoms with Gasteiger partial charge in [0.1, 0.15) is 0 Å². The molecule has 0 amide bonds. The van der Waals surface area contributed by atoms with Crippen LogP contribution < -0.4 is 5.73 Å². The summed E-state index contributed by atoms with van der Waals surface area (Å²) < 4.78 is 5.76. The van der Waals surface area contributed by atoms with Gasteiger partial charge in [0.2, 0.25) is 5.78 Å². The largest absolute Gasteiger partial charge is 0.460 e. The first-order valence-corrected chi connectivity index (χ1v) is 5.52. The third-order valence-electron chi connectivity index (χ3n) is 2.36. The van der Waals surface area contributed by atoms with E-state index in [0.29, 0.717) is 21.5 Å². The van der Waals surface area contributed by atoms with Gasteiger partial charge in [0.15, 0.2) is 5.76 Å². The molecule has 2 N–H and O–H groups in total. The van der Waals surface area contributed by atoms with Crippen molar-refractivity contribution in [3.05, 3.63) is 51.9 Å². The Kier molecular flexibility index (Phi) is 2.83. The number of rotatable bonds is 2. The number of hydrogen-bond donors (Lipinski definition) is 1. The lowest BCUT2D eigenvalue weighted by atomic mass is 10.1. The Bertz CT molecular complexity index is 546. The number of halogens is 1. The third kappa shape index (κ3) is 1.88. The van der Waals surface area contributed by atoms with Gasteiger partial charge < -0.3 is 10.2 Å². The van der Waals surface area contributed by atoms with Gasteiger partial charge in [0.25, 0.3) is 0 Å². The van der Waals surface area contributed by atoms with Crippen LogP contribution >= 0.6 is 15.9 Å². The number of anilines is 1. The minimum absolute atomic E-state index is 0.177. The van der Waals surface area contributed by atoms with Crippen LogP contribution in [0.1, 0.15) is 21.7 Å². The van der Waals surface area contributed by atoms with Gasteiger partial charge in [0.05, 0.1) is 10.7 Å². The molecule has 0 aliphatic carbocycles. The van der Waals surface area contributed by atoms with Crippen molar-refractivity contribution in [2.24, 2.45) is 0 Å². The molecule has 82 valence electrons. The molecule has 16 heavy (non-hydrogen) atoms. The van der Waals surface area contributed by atoms with Gasteiger partial charge in [0, 0.05) is 11.3 Å². The lowest BCUT2D eigenvalue weighted by Gasteiger charge is -2.03. The van der Waals surface area contributed by atoms with Crippen molar-refractivity contribution >= 4 is 27.4 Å². The average Bonchev–Trinajstić information content (AvgIpc) is 2.67. The second kappa shape index (κ2) is 4.14. The maximum Gasteiger partial charge on any atom is 0.229 e. The molecular formula is C12H10BrNO2. The Morgan fingerprint density at radius 3 is 2.69 bits per heavy atom. The van der Waals surface area contributed by atoms with E-state index >= 15 is 0 Å². The summed E-state index contributed by atoms with van der Waals surface area (Å²) in [5.41, 5.74) is 7.84. The number of aryl methyl sites for hydroxylation is 1. The summed E-state index contributed by atoms with van der Waals surface area (Å²) in [6.45, 7) is 1.90. The molecule has 0 aliphatic rings. The highest BCUT2D eigenvalue weighted by Gasteiger charge is 2.16. The number of benzene rings is 1. The topological polar surface area (TPSA) is 56.2 Å². The summed E-state index contributed by atoms with van der Waals surface area (Å²) in [4.78, 5) is 12.0. The lowest BCUT2D eigenvalue weighted by Crippen LogP contribution is -2.02. The standard InChI is InChI=1S/C12H10BrNO2/c1-7-2-3-8(6-10(7)14)11(15)12-9(13)4-5-16-12/h2-6H,14H2,1H3. The van der Waals surface area contributed by atoms with Crippen LogP contribution in [0.3, 0.4) is 0 Å². The lowest BCUT2D eigenvalue weighted by molar-refractivity contribution is 0.101. The Hall–Kier alpha value is -1.55. The van der Waals surface area contributed by atoms with E-state index in [2.05, 4.69) is 15.9 Å². The van der Waals surface area contributed by atoms with E-state index in [4.69, 9.17) is 10.2 Å². The number of ketones is 1. The van der Waals surface area contributed by atoms with E-state index < -0.39 is 0 Å². The maximum atomic E-state index is 12.0. The number of nitrogen functional groups attached to an aromatic ring is 1. The number of carbonyl (C=O) groups excluding carboxylic acids is 1. The molecule has 0 unspecified atom stereocenters. The molecule has 0 saturated heterocycles. The first-order chi connectivity index (χ1) is 7.59. The van der Waals surface area contributed by atoms with Gasteiger partial charge in [-0.2, -0.15) is 0 Å². The van der Waals surface area contributed by atoms with E-state index in [1.54, 1.807) is 18.2 Å². The minimum atomic E-state index is -0.177. The molecule has 0 spiro atoms. The van der Waals surface area contributed by atoms with Crippen LogP contribution in [-0.4, -0.2) is 5.78 Å². The molecule has 2 rings (SSSR count). The zero-order valence-electron chi connectivity index (χ0n) is 8.66. The molecule has 0 saturated carbocycles. The van der Waals surface area contributed by atoms with Crippen LogP contribution in [0, 0.1) is 6.92 Å². The molecule has 0 atom stereocenters. The highest BCUT2D eigenvalue weighted by Crippen LogP contribution is 2.22. The van der Waals surface area contributed by atoms with Gasteiger partial charge in [-0.25, -0.2) is 0 Å². The van der Waals surface area contributed by atoms with Crippen molar-refractivity contribution in [2.75, 3.05) is 5.73 Å². The normalized spacial score (nSPS) is 10.4. The van der Waals surface area contributed by atoms with Crippen LogP contribution in [0.5, 0.6) is 0 Å². The molecule has 0 fully saturated rings. The summed E-state index contributed by atoms with van der Waals surface area (Å²) >= 11 is 3.25. The average molecular weight is 280 g/mol. The van der Waals surface area contributed by atoms with E-state index in [1.165, 1.54) is 6.26 Å². The zero-order chi connectivity index (χ0) is 11.7. The van der Waals surface area contributed by atoms with Crippen molar-refractivity contribution in [1.29, 1.82) is 0 Å². The van der Waals surface area contributed by atoms with Gasteiger partial charge in [-0.3, -0.25) is 4.79 Å². The fourth-order valence-corrected chi connectivity index (χ4v) is 1.75. The highest BCUT2D eigenvalue weighted by atomic mass is 79.9. The summed E-state index contributed by atoms with van der Waals surface area (Å²) in [6, 6.07) is 6.90. The Morgan fingerprint density at radius 2 is 2.12 bits per heavy atom. The van der Waals surface area contributed by atoms with E-state index in [9.17, 15) is 4.79 Å². The van der Waals surface area contributed by atoms with E-state index in [-0.39, 0.29) is 5.78 Å². The zero-order valence-corrected chi connectivity index (χ0v) is 10.2. The third-order valence-corrected chi connectivity index (χ3v) is 2.99. The SMILES string of the molecule is Cc1ccc(C(=O)c2occc2Br)cc1N. The second-order valence-corrected chi connectivity index (χ2v) is 4.35. The molecule has 1 aromatic heterocycles. The summed E-state index contributed by atoms with van der Waals surface area (Å²) in [7, 11) is 0. The van der Waals surface area contributed by atoms with Crippen LogP contribution in [0.25, 0.3) is 0 Å². The first-order valence-electron chi connectivity index (χ1n) is 4.73. The molecule has 1 heterocycles. The minimum Gasteiger partial charge on any atom is -0.460 e. The van der Waals surface area contributed by atoms with Crippen LogP contribution in [0.15, 0.2) is 39.4 Å². The van der Waals surface area contributed by atoms with Crippen LogP contribution in [0.2, 0.25) is 0 Å². The van der Waals surface area contributed by atoms with Crippen molar-refractivity contribution in [1.82, 2.24) is 0 Å². The van der Waals surface area contributed by atoms with E-state index in [0.717, 1.165) is 5.56 Å². The van der Waals surface area contributed by atoms with Crippen LogP contribution in [0.4, 0.5) is 5.69 Å². The summed E-state index contributed by atoms with van der Waals surface area (Å²) in [5, 5.41) is 0. The van der Waals surface area contributed by atoms with Crippen molar-refractivity contribution in [2.45, 2.75) is 6.92 Å². The molecule has 2 aromatic rings. The molecule has 0 radical (unpaired) electrons. The smallest absolute Gasteiger partial charge is 0.229 e. The second-order valence-electron chi connectivity index (χ2n) is 3.50. The van der Waals surface area contributed by atoms with E-state index in [1.807, 2.05) is 13.0 Å². The number of furan rings is 1. The number of nitrogens with two attached hydrogens (primary N) is 1. The predicted octanol–water partition coefficient (Wildman–Crippen LogP) is 3.16. The van der Waals surface area contributed by atoms with Crippen molar-refractivity contribution in [3.63, 3.8) is 0 Å². The number of hydrogen-bond acceptors (Lipinski definition) is 3. The van der Waals surface area contributed by atoms with Crippen LogP contribution in [-0.2, 0) is 0 Å². The first kappa shape index (κ1) is 11.0. The Labute approximate surface area is 101 Å². The Balaban J connectivity index is 2.42. The van der Waals surface area contributed by atoms with Crippen molar-refractivity contribution < 1.29 is 9.21 Å². The highest BCUT2D eigenvalue weighted by molar-refractivity contribution is 9.10. The molecule has 3 nitrogen and oxygen atoms in total. The Morgan fingerprint density at radius 1 is 1.38 bits per heavy atom. The molecule has 4 heteroatoms. The fraction of sp³-hybridized carbons (Fsp3) is 0.0833. The van der Waals surface area contributed by atoms with Gasteiger partial charge in [-0.15, -0.1) is 0 Å². The van der Waals surface area contributed by atoms with Gasteiger partial charge in [-0.05, 0) is 40.5 Å². The molecule has 1 aromatic carbocycles. The number of carbonyl (C=O) groups is 1. The van der Waals surface area contributed by atoms with Gasteiger partial charge >= 0.3 is 0 Å². The summed E-state index contributed by atoms with van der Waals surface area (Å²) in [5.74, 6) is 0.117. The summed E-state index contributed by atoms with van der Waals surface area (Å²) in [6.07, 6.45) is 1.47. The maximum absolute atomic E-state index is 12.0. The molecule has 0 aliphatic heterocycles. The van der Waals surface area contributed by atoms with Gasteiger partial charge in [-0.1, -0.05) is 12.1 Å².